The van der Waals surface area contributed by atoms with Gasteiger partial charge in [-0.2, -0.15) is 0 Å². The van der Waals surface area contributed by atoms with Gasteiger partial charge in [0.25, 0.3) is 5.91 Å². The van der Waals surface area contributed by atoms with Crippen LogP contribution in [0.4, 0.5) is 5.69 Å². The van der Waals surface area contributed by atoms with Gasteiger partial charge in [0.05, 0.1) is 16.8 Å². The van der Waals surface area contributed by atoms with Gasteiger partial charge in [-0.3, -0.25) is 14.5 Å². The standard InChI is InChI=1S/C26H31N3O2S/c1-4-18-9-11-19(12-10-18)29-24(30)22-15-23-21(13-14-32-23)28(22)16-26(29,3)25(31)27-20-8-6-5-7-17(20)2/h9-15,17,20H,4-8,16H2,1-3H3,(H,27,31)/t17-,20-,26-/m1/s1. The number of fused-ring (bicyclic) bond motifs is 3. The van der Waals surface area contributed by atoms with Crippen LogP contribution in [0.1, 0.15) is 62.5 Å². The summed E-state index contributed by atoms with van der Waals surface area (Å²) in [5.41, 5.74) is 2.66. The molecule has 1 aliphatic carbocycles. The number of thiophene rings is 1. The number of aromatic nitrogens is 1. The first-order chi connectivity index (χ1) is 15.4. The Morgan fingerprint density at radius 3 is 2.66 bits per heavy atom. The van der Waals surface area contributed by atoms with Crippen LogP contribution in [0.15, 0.2) is 41.8 Å². The van der Waals surface area contributed by atoms with Crippen molar-refractivity contribution < 1.29 is 9.59 Å². The minimum atomic E-state index is -1.01. The molecule has 5 rings (SSSR count). The molecular formula is C26H31N3O2S. The topological polar surface area (TPSA) is 54.3 Å². The maximum atomic E-state index is 13.9. The number of nitrogens with zero attached hydrogens (tertiary/aromatic N) is 2. The molecule has 2 aromatic heterocycles. The molecule has 1 aromatic carbocycles. The summed E-state index contributed by atoms with van der Waals surface area (Å²) in [5.74, 6) is 0.281. The molecule has 32 heavy (non-hydrogen) atoms. The second-order valence-electron chi connectivity index (χ2n) is 9.56. The predicted octanol–water partition coefficient (Wildman–Crippen LogP) is 5.38. The van der Waals surface area contributed by atoms with Crippen LogP contribution >= 0.6 is 11.3 Å². The maximum absolute atomic E-state index is 13.9. The van der Waals surface area contributed by atoms with Crippen LogP contribution in [-0.2, 0) is 17.8 Å². The smallest absolute Gasteiger partial charge is 0.275 e. The molecule has 1 aliphatic heterocycles. The molecule has 0 unspecified atom stereocenters. The summed E-state index contributed by atoms with van der Waals surface area (Å²) < 4.78 is 3.12. The van der Waals surface area contributed by atoms with Gasteiger partial charge in [-0.15, -0.1) is 11.3 Å². The van der Waals surface area contributed by atoms with E-state index in [0.717, 1.165) is 41.6 Å². The van der Waals surface area contributed by atoms with Gasteiger partial charge in [0.1, 0.15) is 11.2 Å². The predicted molar refractivity (Wildman–Crippen MR) is 130 cm³/mol. The zero-order valence-corrected chi connectivity index (χ0v) is 19.9. The van der Waals surface area contributed by atoms with Crippen molar-refractivity contribution >= 4 is 39.1 Å². The normalized spacial score (nSPS) is 25.7. The number of carbonyl (C=O) groups is 2. The molecule has 3 heterocycles. The summed E-state index contributed by atoms with van der Waals surface area (Å²) >= 11 is 1.63. The van der Waals surface area contributed by atoms with Gasteiger partial charge in [0, 0.05) is 11.7 Å². The molecule has 1 N–H and O–H groups in total. The third-order valence-electron chi connectivity index (χ3n) is 7.42. The van der Waals surface area contributed by atoms with Gasteiger partial charge >= 0.3 is 0 Å². The van der Waals surface area contributed by atoms with Gasteiger partial charge in [0.2, 0.25) is 5.91 Å². The Bertz CT molecular complexity index is 1160. The average molecular weight is 450 g/mol. The fourth-order valence-corrected chi connectivity index (χ4v) is 6.17. The van der Waals surface area contributed by atoms with E-state index >= 15 is 0 Å². The minimum Gasteiger partial charge on any atom is -0.351 e. The van der Waals surface area contributed by atoms with E-state index in [1.165, 1.54) is 12.0 Å². The van der Waals surface area contributed by atoms with Crippen LogP contribution in [0, 0.1) is 5.92 Å². The van der Waals surface area contributed by atoms with Gasteiger partial charge in [0.15, 0.2) is 0 Å². The summed E-state index contributed by atoms with van der Waals surface area (Å²) in [5, 5.41) is 5.38. The quantitative estimate of drug-likeness (QED) is 0.581. The molecule has 1 saturated carbocycles. The Morgan fingerprint density at radius 2 is 1.94 bits per heavy atom. The number of hydrogen-bond donors (Lipinski definition) is 1. The third kappa shape index (κ3) is 3.36. The van der Waals surface area contributed by atoms with E-state index in [-0.39, 0.29) is 17.9 Å². The number of benzene rings is 1. The summed E-state index contributed by atoms with van der Waals surface area (Å²) in [6.45, 7) is 6.70. The number of anilines is 1. The lowest BCUT2D eigenvalue weighted by Gasteiger charge is -2.45. The first kappa shape index (κ1) is 21.3. The van der Waals surface area contributed by atoms with Crippen molar-refractivity contribution in [2.75, 3.05) is 4.90 Å². The molecular weight excluding hydrogens is 418 g/mol. The molecule has 5 nitrogen and oxygen atoms in total. The summed E-state index contributed by atoms with van der Waals surface area (Å²) in [4.78, 5) is 29.5. The van der Waals surface area contributed by atoms with Crippen LogP contribution in [0.2, 0.25) is 0 Å². The molecule has 3 atom stereocenters. The van der Waals surface area contributed by atoms with Crippen molar-refractivity contribution in [2.45, 2.75) is 71.0 Å². The SMILES string of the molecule is CCc1ccc(N2C(=O)c3cc4sccc4n3C[C@]2(C)C(=O)N[C@@H]2CCCC[C@H]2C)cc1. The Labute approximate surface area is 193 Å². The van der Waals surface area contributed by atoms with Crippen LogP contribution in [-0.4, -0.2) is 28.0 Å². The van der Waals surface area contributed by atoms with Crippen molar-refractivity contribution in [1.29, 1.82) is 0 Å². The van der Waals surface area contributed by atoms with E-state index in [9.17, 15) is 9.59 Å². The molecule has 0 spiro atoms. The summed E-state index contributed by atoms with van der Waals surface area (Å²) in [7, 11) is 0. The van der Waals surface area contributed by atoms with E-state index in [2.05, 4.69) is 31.3 Å². The molecule has 0 radical (unpaired) electrons. The Morgan fingerprint density at radius 1 is 1.19 bits per heavy atom. The van der Waals surface area contributed by atoms with E-state index in [1.54, 1.807) is 16.2 Å². The number of hydrogen-bond acceptors (Lipinski definition) is 3. The Kier molecular flexibility index (Phi) is 5.36. The highest BCUT2D eigenvalue weighted by atomic mass is 32.1. The second kappa shape index (κ2) is 8.07. The highest BCUT2D eigenvalue weighted by Gasteiger charge is 2.49. The molecule has 0 bridgehead atoms. The lowest BCUT2D eigenvalue weighted by Crippen LogP contribution is -2.65. The van der Waals surface area contributed by atoms with Gasteiger partial charge in [-0.05, 0) is 67.3 Å². The molecule has 168 valence electrons. The lowest BCUT2D eigenvalue weighted by atomic mass is 9.84. The largest absolute Gasteiger partial charge is 0.351 e. The average Bonchev–Trinajstić information content (AvgIpc) is 3.38. The Hall–Kier alpha value is -2.60. The van der Waals surface area contributed by atoms with E-state index in [0.29, 0.717) is 18.2 Å². The van der Waals surface area contributed by atoms with Crippen LogP contribution in [0.25, 0.3) is 10.2 Å². The van der Waals surface area contributed by atoms with Crippen molar-refractivity contribution in [3.8, 4) is 0 Å². The highest BCUT2D eigenvalue weighted by Crippen LogP contribution is 2.37. The van der Waals surface area contributed by atoms with Crippen molar-refractivity contribution in [1.82, 2.24) is 9.88 Å². The maximum Gasteiger partial charge on any atom is 0.275 e. The molecule has 3 aromatic rings. The van der Waals surface area contributed by atoms with E-state index < -0.39 is 5.54 Å². The van der Waals surface area contributed by atoms with Crippen molar-refractivity contribution in [2.24, 2.45) is 5.92 Å². The van der Waals surface area contributed by atoms with Crippen LogP contribution in [0.3, 0.4) is 0 Å². The van der Waals surface area contributed by atoms with Crippen molar-refractivity contribution in [3.63, 3.8) is 0 Å². The summed E-state index contributed by atoms with van der Waals surface area (Å²) in [6, 6.07) is 12.2. The lowest BCUT2D eigenvalue weighted by molar-refractivity contribution is -0.127. The highest BCUT2D eigenvalue weighted by molar-refractivity contribution is 7.17. The molecule has 2 amide bonds. The van der Waals surface area contributed by atoms with E-state index in [4.69, 9.17) is 0 Å². The zero-order chi connectivity index (χ0) is 22.5. The number of aryl methyl sites for hydroxylation is 1. The van der Waals surface area contributed by atoms with Gasteiger partial charge < -0.3 is 9.88 Å². The monoisotopic (exact) mass is 449 g/mol. The van der Waals surface area contributed by atoms with Gasteiger partial charge in [-0.25, -0.2) is 0 Å². The Balaban J connectivity index is 1.58. The zero-order valence-electron chi connectivity index (χ0n) is 19.1. The third-order valence-corrected chi connectivity index (χ3v) is 8.28. The van der Waals surface area contributed by atoms with Crippen LogP contribution in [0.5, 0.6) is 0 Å². The first-order valence-electron chi connectivity index (χ1n) is 11.7. The summed E-state index contributed by atoms with van der Waals surface area (Å²) in [6.07, 6.45) is 5.45. The van der Waals surface area contributed by atoms with E-state index in [1.807, 2.05) is 41.1 Å². The number of rotatable bonds is 4. The minimum absolute atomic E-state index is 0.0631. The van der Waals surface area contributed by atoms with Gasteiger partial charge in [-0.1, -0.05) is 38.8 Å². The fraction of sp³-hybridized carbons (Fsp3) is 0.462. The van der Waals surface area contributed by atoms with Crippen molar-refractivity contribution in [3.05, 3.63) is 53.0 Å². The number of amides is 2. The first-order valence-corrected chi connectivity index (χ1v) is 12.6. The molecule has 1 fully saturated rings. The van der Waals surface area contributed by atoms with Crippen LogP contribution < -0.4 is 10.2 Å². The molecule has 2 aliphatic rings. The second-order valence-corrected chi connectivity index (χ2v) is 10.5. The number of nitrogens with one attached hydrogen (secondary N) is 1. The fourth-order valence-electron chi connectivity index (χ4n) is 5.35. The number of carbonyl (C=O) groups excluding carboxylic acids is 2. The molecule has 6 heteroatoms. The molecule has 0 saturated heterocycles.